The highest BCUT2D eigenvalue weighted by atomic mass is 16.5. The fourth-order valence-corrected chi connectivity index (χ4v) is 3.36. The number of rotatable bonds is 4. The first-order chi connectivity index (χ1) is 9.78. The predicted molar refractivity (Wildman–Crippen MR) is 83.8 cm³/mol. The van der Waals surface area contributed by atoms with E-state index in [1.54, 1.807) is 0 Å². The van der Waals surface area contributed by atoms with Crippen LogP contribution in [-0.2, 0) is 11.2 Å². The van der Waals surface area contributed by atoms with Gasteiger partial charge < -0.3 is 10.5 Å². The lowest BCUT2D eigenvalue weighted by Gasteiger charge is -2.23. The summed E-state index contributed by atoms with van der Waals surface area (Å²) in [5.41, 5.74) is 7.77. The van der Waals surface area contributed by atoms with Gasteiger partial charge in [0.2, 0.25) is 0 Å². The fourth-order valence-electron chi connectivity index (χ4n) is 3.36. The minimum atomic E-state index is 0.198. The number of nitrogens with two attached hydrogens (primary N) is 1. The summed E-state index contributed by atoms with van der Waals surface area (Å²) >= 11 is 0. The van der Waals surface area contributed by atoms with Crippen LogP contribution in [0.4, 0.5) is 0 Å². The minimum Gasteiger partial charge on any atom is -0.378 e. The van der Waals surface area contributed by atoms with Crippen LogP contribution < -0.4 is 5.73 Å². The predicted octanol–water partition coefficient (Wildman–Crippen LogP) is 3.52. The summed E-state index contributed by atoms with van der Waals surface area (Å²) in [6, 6.07) is 15.3. The van der Waals surface area contributed by atoms with Crippen molar-refractivity contribution in [3.8, 4) is 0 Å². The maximum absolute atomic E-state index is 6.44. The van der Waals surface area contributed by atoms with E-state index in [4.69, 9.17) is 10.5 Å². The third-order valence-electron chi connectivity index (χ3n) is 4.50. The van der Waals surface area contributed by atoms with Gasteiger partial charge in [0.25, 0.3) is 0 Å². The molecule has 20 heavy (non-hydrogen) atoms. The zero-order valence-corrected chi connectivity index (χ0v) is 12.1. The molecule has 3 unspecified atom stereocenters. The van der Waals surface area contributed by atoms with Gasteiger partial charge in [-0.05, 0) is 35.6 Å². The smallest absolute Gasteiger partial charge is 0.0616 e. The normalized spacial score (nSPS) is 24.1. The molecule has 1 saturated heterocycles. The molecule has 0 aromatic heterocycles. The van der Waals surface area contributed by atoms with Crippen LogP contribution in [0, 0.1) is 5.92 Å². The highest BCUT2D eigenvalue weighted by molar-refractivity contribution is 5.82. The lowest BCUT2D eigenvalue weighted by Crippen LogP contribution is -2.36. The molecule has 0 aliphatic carbocycles. The Morgan fingerprint density at radius 1 is 1.20 bits per heavy atom. The van der Waals surface area contributed by atoms with Crippen molar-refractivity contribution >= 4 is 10.8 Å². The molecule has 3 rings (SSSR count). The summed E-state index contributed by atoms with van der Waals surface area (Å²) < 4.78 is 5.76. The van der Waals surface area contributed by atoms with Gasteiger partial charge in [-0.3, -0.25) is 0 Å². The van der Waals surface area contributed by atoms with E-state index < -0.39 is 0 Å². The Hall–Kier alpha value is -1.38. The number of hydrogen-bond acceptors (Lipinski definition) is 2. The van der Waals surface area contributed by atoms with E-state index in [-0.39, 0.29) is 6.04 Å². The molecule has 0 radical (unpaired) electrons. The monoisotopic (exact) mass is 269 g/mol. The van der Waals surface area contributed by atoms with Gasteiger partial charge in [-0.15, -0.1) is 0 Å². The topological polar surface area (TPSA) is 35.2 Å². The molecule has 2 aromatic carbocycles. The third-order valence-corrected chi connectivity index (χ3v) is 4.50. The largest absolute Gasteiger partial charge is 0.378 e. The van der Waals surface area contributed by atoms with Crippen molar-refractivity contribution in [2.45, 2.75) is 38.3 Å². The number of ether oxygens (including phenoxy) is 1. The molecular weight excluding hydrogens is 246 g/mol. The van der Waals surface area contributed by atoms with Crippen molar-refractivity contribution in [3.05, 3.63) is 48.0 Å². The molecule has 2 nitrogen and oxygen atoms in total. The van der Waals surface area contributed by atoms with Crippen LogP contribution in [0.15, 0.2) is 42.5 Å². The van der Waals surface area contributed by atoms with Crippen molar-refractivity contribution in [2.24, 2.45) is 11.7 Å². The number of benzene rings is 2. The highest BCUT2D eigenvalue weighted by Gasteiger charge is 2.31. The van der Waals surface area contributed by atoms with Crippen molar-refractivity contribution < 1.29 is 4.74 Å². The SMILES string of the molecule is CCC1OCCC1C(N)Cc1ccc2ccccc2c1. The Bertz CT molecular complexity index is 580. The van der Waals surface area contributed by atoms with Crippen LogP contribution in [0.2, 0.25) is 0 Å². The van der Waals surface area contributed by atoms with E-state index >= 15 is 0 Å². The lowest BCUT2D eigenvalue weighted by molar-refractivity contribution is 0.0814. The molecule has 2 N–H and O–H groups in total. The molecule has 1 heterocycles. The van der Waals surface area contributed by atoms with Gasteiger partial charge in [0.1, 0.15) is 0 Å². The van der Waals surface area contributed by atoms with E-state index in [0.717, 1.165) is 25.9 Å². The van der Waals surface area contributed by atoms with Crippen LogP contribution in [0.3, 0.4) is 0 Å². The quantitative estimate of drug-likeness (QED) is 0.921. The summed E-state index contributed by atoms with van der Waals surface area (Å²) in [5.74, 6) is 0.506. The molecule has 2 aromatic rings. The molecule has 1 aliphatic rings. The molecule has 2 heteroatoms. The number of fused-ring (bicyclic) bond motifs is 1. The second-order valence-electron chi connectivity index (χ2n) is 5.82. The first kappa shape index (κ1) is 13.6. The Kier molecular flexibility index (Phi) is 4.04. The van der Waals surface area contributed by atoms with Gasteiger partial charge in [-0.1, -0.05) is 49.4 Å². The second-order valence-corrected chi connectivity index (χ2v) is 5.82. The van der Waals surface area contributed by atoms with Crippen molar-refractivity contribution in [2.75, 3.05) is 6.61 Å². The van der Waals surface area contributed by atoms with E-state index in [1.807, 2.05) is 0 Å². The van der Waals surface area contributed by atoms with Crippen molar-refractivity contribution in [1.82, 2.24) is 0 Å². The first-order valence-corrected chi connectivity index (χ1v) is 7.63. The van der Waals surface area contributed by atoms with Gasteiger partial charge in [-0.25, -0.2) is 0 Å². The minimum absolute atomic E-state index is 0.198. The van der Waals surface area contributed by atoms with Gasteiger partial charge >= 0.3 is 0 Å². The lowest BCUT2D eigenvalue weighted by atomic mass is 9.87. The molecule has 0 saturated carbocycles. The molecule has 1 aliphatic heterocycles. The standard InChI is InChI=1S/C18H23NO/c1-2-18-16(9-10-20-18)17(19)12-13-7-8-14-5-3-4-6-15(14)11-13/h3-8,11,16-18H,2,9-10,12,19H2,1H3. The maximum Gasteiger partial charge on any atom is 0.0616 e. The molecule has 1 fully saturated rings. The Labute approximate surface area is 120 Å². The Morgan fingerprint density at radius 3 is 2.80 bits per heavy atom. The summed E-state index contributed by atoms with van der Waals surface area (Å²) in [4.78, 5) is 0. The maximum atomic E-state index is 6.44. The van der Waals surface area contributed by atoms with Gasteiger partial charge in [0.05, 0.1) is 6.10 Å². The second kappa shape index (κ2) is 5.94. The van der Waals surface area contributed by atoms with E-state index in [0.29, 0.717) is 12.0 Å². The average molecular weight is 269 g/mol. The molecule has 106 valence electrons. The van der Waals surface area contributed by atoms with Crippen LogP contribution in [0.5, 0.6) is 0 Å². The van der Waals surface area contributed by atoms with E-state index in [1.165, 1.54) is 16.3 Å². The summed E-state index contributed by atoms with van der Waals surface area (Å²) in [6.07, 6.45) is 3.46. The van der Waals surface area contributed by atoms with Crippen LogP contribution >= 0.6 is 0 Å². The summed E-state index contributed by atoms with van der Waals surface area (Å²) in [6.45, 7) is 3.06. The molecule has 0 bridgehead atoms. The average Bonchev–Trinajstić information content (AvgIpc) is 2.95. The van der Waals surface area contributed by atoms with Crippen LogP contribution in [-0.4, -0.2) is 18.8 Å². The van der Waals surface area contributed by atoms with Crippen LogP contribution in [0.25, 0.3) is 10.8 Å². The number of hydrogen-bond donors (Lipinski definition) is 1. The summed E-state index contributed by atoms with van der Waals surface area (Å²) in [7, 11) is 0. The van der Waals surface area contributed by atoms with Crippen molar-refractivity contribution in [1.29, 1.82) is 0 Å². The van der Waals surface area contributed by atoms with E-state index in [2.05, 4.69) is 49.4 Å². The van der Waals surface area contributed by atoms with Crippen molar-refractivity contribution in [3.63, 3.8) is 0 Å². The zero-order chi connectivity index (χ0) is 13.9. The van der Waals surface area contributed by atoms with Gasteiger partial charge in [-0.2, -0.15) is 0 Å². The molecular formula is C18H23NO. The third kappa shape index (κ3) is 2.72. The van der Waals surface area contributed by atoms with E-state index in [9.17, 15) is 0 Å². The Morgan fingerprint density at radius 2 is 2.00 bits per heavy atom. The van der Waals surface area contributed by atoms with Crippen LogP contribution in [0.1, 0.15) is 25.3 Å². The first-order valence-electron chi connectivity index (χ1n) is 7.63. The highest BCUT2D eigenvalue weighted by Crippen LogP contribution is 2.27. The van der Waals surface area contributed by atoms with Gasteiger partial charge in [0, 0.05) is 18.6 Å². The molecule has 3 atom stereocenters. The Balaban J connectivity index is 1.75. The fraction of sp³-hybridized carbons (Fsp3) is 0.444. The summed E-state index contributed by atoms with van der Waals surface area (Å²) in [5, 5.41) is 2.59. The zero-order valence-electron chi connectivity index (χ0n) is 12.1. The molecule has 0 spiro atoms. The molecule has 0 amide bonds. The van der Waals surface area contributed by atoms with Gasteiger partial charge in [0.15, 0.2) is 0 Å².